The third-order valence-corrected chi connectivity index (χ3v) is 4.89. The Kier molecular flexibility index (Phi) is 3.87. The van der Waals surface area contributed by atoms with E-state index in [9.17, 15) is 0 Å². The maximum absolute atomic E-state index is 4.52. The fraction of sp³-hybridized carbons (Fsp3) is 0.444. The Balaban J connectivity index is 1.38. The number of benzene rings is 1. The van der Waals surface area contributed by atoms with Crippen LogP contribution in [-0.4, -0.2) is 54.1 Å². The van der Waals surface area contributed by atoms with Crippen molar-refractivity contribution in [3.05, 3.63) is 47.8 Å². The molecule has 1 aliphatic carbocycles. The van der Waals surface area contributed by atoms with Crippen LogP contribution in [0.3, 0.4) is 0 Å². The van der Waals surface area contributed by atoms with Gasteiger partial charge in [0.05, 0.1) is 18.1 Å². The summed E-state index contributed by atoms with van der Waals surface area (Å²) in [5.41, 5.74) is 4.01. The first kappa shape index (κ1) is 14.5. The molecule has 1 aliphatic heterocycles. The van der Waals surface area contributed by atoms with Crippen LogP contribution >= 0.6 is 0 Å². The Morgan fingerprint density at radius 2 is 1.57 bits per heavy atom. The number of hydrogen-bond donors (Lipinski definition) is 1. The third-order valence-electron chi connectivity index (χ3n) is 4.89. The number of aromatic nitrogens is 2. The summed E-state index contributed by atoms with van der Waals surface area (Å²) in [6, 6.07) is 9.07. The van der Waals surface area contributed by atoms with E-state index in [4.69, 9.17) is 0 Å². The average molecular weight is 309 g/mol. The van der Waals surface area contributed by atoms with Crippen molar-refractivity contribution < 1.29 is 0 Å². The summed E-state index contributed by atoms with van der Waals surface area (Å²) in [5.74, 6) is 0.737. The molecule has 2 aromatic rings. The number of hydrogen-bond acceptors (Lipinski definition) is 5. The van der Waals surface area contributed by atoms with Gasteiger partial charge in [-0.05, 0) is 31.0 Å². The summed E-state index contributed by atoms with van der Waals surface area (Å²) in [6.07, 6.45) is 6.00. The van der Waals surface area contributed by atoms with Gasteiger partial charge in [0.1, 0.15) is 0 Å². The van der Waals surface area contributed by atoms with Crippen molar-refractivity contribution in [3.63, 3.8) is 0 Å². The molecule has 1 aromatic heterocycles. The summed E-state index contributed by atoms with van der Waals surface area (Å²) in [7, 11) is 2.17. The molecule has 1 aromatic carbocycles. The van der Waals surface area contributed by atoms with Crippen molar-refractivity contribution in [3.8, 4) is 0 Å². The monoisotopic (exact) mass is 309 g/mol. The molecule has 0 radical (unpaired) electrons. The maximum Gasteiger partial charge on any atom is 0.222 e. The Hall–Kier alpha value is -2.14. The van der Waals surface area contributed by atoms with Crippen LogP contribution in [0, 0.1) is 0 Å². The van der Waals surface area contributed by atoms with Gasteiger partial charge >= 0.3 is 0 Å². The smallest absolute Gasteiger partial charge is 0.222 e. The summed E-state index contributed by atoms with van der Waals surface area (Å²) in [6.45, 7) is 4.29. The van der Waals surface area contributed by atoms with Gasteiger partial charge < -0.3 is 15.1 Å². The van der Waals surface area contributed by atoms with E-state index in [1.807, 2.05) is 12.4 Å². The SMILES string of the molecule is CN1CCN(c2cnc(NC3Cc4ccccc4C3)nc2)CC1. The van der Waals surface area contributed by atoms with Gasteiger partial charge in [0.25, 0.3) is 0 Å². The van der Waals surface area contributed by atoms with E-state index >= 15 is 0 Å². The summed E-state index contributed by atoms with van der Waals surface area (Å²) >= 11 is 0. The molecule has 0 spiro atoms. The molecule has 0 unspecified atom stereocenters. The van der Waals surface area contributed by atoms with Gasteiger partial charge in [-0.1, -0.05) is 24.3 Å². The van der Waals surface area contributed by atoms with Gasteiger partial charge in [0.15, 0.2) is 0 Å². The Bertz CT molecular complexity index is 636. The Labute approximate surface area is 137 Å². The molecule has 0 bridgehead atoms. The quantitative estimate of drug-likeness (QED) is 0.937. The predicted molar refractivity (Wildman–Crippen MR) is 93.0 cm³/mol. The van der Waals surface area contributed by atoms with E-state index in [2.05, 4.69) is 56.4 Å². The zero-order valence-corrected chi connectivity index (χ0v) is 13.6. The van der Waals surface area contributed by atoms with Gasteiger partial charge in [-0.25, -0.2) is 9.97 Å². The van der Waals surface area contributed by atoms with Crippen molar-refractivity contribution >= 4 is 11.6 Å². The zero-order valence-electron chi connectivity index (χ0n) is 13.6. The highest BCUT2D eigenvalue weighted by molar-refractivity contribution is 5.46. The summed E-state index contributed by atoms with van der Waals surface area (Å²) < 4.78 is 0. The fourth-order valence-electron chi connectivity index (χ4n) is 3.47. The van der Waals surface area contributed by atoms with E-state index in [0.29, 0.717) is 6.04 Å². The number of nitrogens with one attached hydrogen (secondary N) is 1. The van der Waals surface area contributed by atoms with Gasteiger partial charge in [0, 0.05) is 32.2 Å². The first-order valence-corrected chi connectivity index (χ1v) is 8.37. The molecule has 2 heterocycles. The number of fused-ring (bicyclic) bond motifs is 1. The zero-order chi connectivity index (χ0) is 15.6. The van der Waals surface area contributed by atoms with E-state index in [0.717, 1.165) is 50.7 Å². The van der Waals surface area contributed by atoms with Crippen LogP contribution in [0.2, 0.25) is 0 Å². The highest BCUT2D eigenvalue weighted by Crippen LogP contribution is 2.23. The van der Waals surface area contributed by atoms with E-state index < -0.39 is 0 Å². The minimum Gasteiger partial charge on any atom is -0.366 e. The number of piperazine rings is 1. The lowest BCUT2D eigenvalue weighted by atomic mass is 10.1. The van der Waals surface area contributed by atoms with Gasteiger partial charge in [-0.2, -0.15) is 0 Å². The number of anilines is 2. The molecular weight excluding hydrogens is 286 g/mol. The van der Waals surface area contributed by atoms with E-state index in [-0.39, 0.29) is 0 Å². The van der Waals surface area contributed by atoms with Crippen molar-refractivity contribution in [1.29, 1.82) is 0 Å². The van der Waals surface area contributed by atoms with Crippen LogP contribution in [0.25, 0.3) is 0 Å². The van der Waals surface area contributed by atoms with Gasteiger partial charge in [-0.3, -0.25) is 0 Å². The molecule has 1 N–H and O–H groups in total. The maximum atomic E-state index is 4.52. The molecule has 0 atom stereocenters. The number of likely N-dealkylation sites (N-methyl/N-ethyl adjacent to an activating group) is 1. The van der Waals surface area contributed by atoms with Gasteiger partial charge in [0.2, 0.25) is 5.95 Å². The second-order valence-corrected chi connectivity index (χ2v) is 6.57. The lowest BCUT2D eigenvalue weighted by Crippen LogP contribution is -2.44. The van der Waals surface area contributed by atoms with Crippen molar-refractivity contribution in [2.75, 3.05) is 43.4 Å². The third kappa shape index (κ3) is 3.15. The number of nitrogens with zero attached hydrogens (tertiary/aromatic N) is 4. The normalized spacial score (nSPS) is 18.9. The van der Waals surface area contributed by atoms with Gasteiger partial charge in [-0.15, -0.1) is 0 Å². The van der Waals surface area contributed by atoms with Crippen LogP contribution < -0.4 is 10.2 Å². The highest BCUT2D eigenvalue weighted by atomic mass is 15.3. The fourth-order valence-corrected chi connectivity index (χ4v) is 3.47. The first-order chi connectivity index (χ1) is 11.3. The van der Waals surface area contributed by atoms with Crippen LogP contribution in [0.5, 0.6) is 0 Å². The molecule has 23 heavy (non-hydrogen) atoms. The van der Waals surface area contributed by atoms with E-state index in [1.165, 1.54) is 11.1 Å². The molecule has 5 nitrogen and oxygen atoms in total. The van der Waals surface area contributed by atoms with Crippen molar-refractivity contribution in [2.24, 2.45) is 0 Å². The Morgan fingerprint density at radius 3 is 2.17 bits per heavy atom. The molecular formula is C18H23N5. The van der Waals surface area contributed by atoms with Crippen molar-refractivity contribution in [2.45, 2.75) is 18.9 Å². The topological polar surface area (TPSA) is 44.3 Å². The Morgan fingerprint density at radius 1 is 0.957 bits per heavy atom. The number of rotatable bonds is 3. The molecule has 0 saturated carbocycles. The molecule has 0 amide bonds. The minimum absolute atomic E-state index is 0.405. The molecule has 1 saturated heterocycles. The molecule has 1 fully saturated rings. The summed E-state index contributed by atoms with van der Waals surface area (Å²) in [4.78, 5) is 13.8. The molecule has 120 valence electrons. The lowest BCUT2D eigenvalue weighted by Gasteiger charge is -2.33. The molecule has 5 heteroatoms. The van der Waals surface area contributed by atoms with Crippen LogP contribution in [0.4, 0.5) is 11.6 Å². The second kappa shape index (κ2) is 6.16. The predicted octanol–water partition coefficient (Wildman–Crippen LogP) is 1.81. The van der Waals surface area contributed by atoms with Crippen LogP contribution in [0.15, 0.2) is 36.7 Å². The largest absolute Gasteiger partial charge is 0.366 e. The summed E-state index contributed by atoms with van der Waals surface area (Å²) in [5, 5.41) is 3.48. The van der Waals surface area contributed by atoms with Crippen LogP contribution in [0.1, 0.15) is 11.1 Å². The van der Waals surface area contributed by atoms with Crippen molar-refractivity contribution in [1.82, 2.24) is 14.9 Å². The van der Waals surface area contributed by atoms with E-state index in [1.54, 1.807) is 0 Å². The lowest BCUT2D eigenvalue weighted by molar-refractivity contribution is 0.312. The van der Waals surface area contributed by atoms with Crippen LogP contribution in [-0.2, 0) is 12.8 Å². The second-order valence-electron chi connectivity index (χ2n) is 6.57. The molecule has 2 aliphatic rings. The average Bonchev–Trinajstić information content (AvgIpc) is 2.98. The molecule has 4 rings (SSSR count). The first-order valence-electron chi connectivity index (χ1n) is 8.37. The minimum atomic E-state index is 0.405. The standard InChI is InChI=1S/C18H23N5/c1-22-6-8-23(9-7-22)17-12-19-18(20-13-17)21-16-10-14-4-2-3-5-15(14)11-16/h2-5,12-13,16H,6-11H2,1H3,(H,19,20,21). The highest BCUT2D eigenvalue weighted by Gasteiger charge is 2.21.